The Bertz CT molecular complexity index is 679. The van der Waals surface area contributed by atoms with Crippen LogP contribution in [-0.2, 0) is 16.7 Å². The number of rotatable bonds is 3. The number of hydrogen-bond acceptors (Lipinski definition) is 4. The van der Waals surface area contributed by atoms with E-state index in [2.05, 4.69) is 6.92 Å². The molecule has 0 saturated heterocycles. The van der Waals surface area contributed by atoms with E-state index in [0.717, 1.165) is 12.1 Å². The van der Waals surface area contributed by atoms with Crippen LogP contribution in [0.4, 0.5) is 0 Å². The minimum absolute atomic E-state index is 0.119. The van der Waals surface area contributed by atoms with Crippen molar-refractivity contribution in [2.24, 2.45) is 0 Å². The highest BCUT2D eigenvalue weighted by molar-refractivity contribution is 7.85. The third-order valence-electron chi connectivity index (χ3n) is 2.69. The van der Waals surface area contributed by atoms with Gasteiger partial charge in [-0.25, -0.2) is 13.0 Å². The Kier molecular flexibility index (Phi) is 6.20. The molecule has 21 heavy (non-hydrogen) atoms. The summed E-state index contributed by atoms with van der Waals surface area (Å²) in [5.74, 6) is 0.119. The van der Waals surface area contributed by atoms with Crippen molar-refractivity contribution in [2.45, 2.75) is 25.3 Å². The van der Waals surface area contributed by atoms with E-state index in [9.17, 15) is 17.8 Å². The zero-order valence-corrected chi connectivity index (χ0v) is 12.7. The van der Waals surface area contributed by atoms with Crippen LogP contribution in [0.15, 0.2) is 59.8 Å². The average molecular weight is 307 g/mol. The molecular weight excluding hydrogens is 290 g/mol. The van der Waals surface area contributed by atoms with Crippen LogP contribution in [0.2, 0.25) is 0 Å². The summed E-state index contributed by atoms with van der Waals surface area (Å²) < 4.78 is 32.9. The topological polar surface area (TPSA) is 78.1 Å². The van der Waals surface area contributed by atoms with Gasteiger partial charge in [0.25, 0.3) is 0 Å². The summed E-state index contributed by atoms with van der Waals surface area (Å²) >= 11 is 0. The van der Waals surface area contributed by atoms with Gasteiger partial charge >= 0.3 is 0 Å². The standard InChI is InChI=1S/C9H12NO.C6H6O3S/c1-3-10-6-4-9(5-7-10)8(2)11;7-10(8,9)6-4-2-1-3-5-6/h4-7H,3H2,1-2H3;1-5H,(H,7,8,9)/q+1;/p-1. The normalized spacial score (nSPS) is 10.4. The Balaban J connectivity index is 0.000000211. The van der Waals surface area contributed by atoms with Crippen molar-refractivity contribution in [1.82, 2.24) is 0 Å². The van der Waals surface area contributed by atoms with Crippen molar-refractivity contribution >= 4 is 15.9 Å². The molecule has 112 valence electrons. The Morgan fingerprint density at radius 3 is 1.95 bits per heavy atom. The number of carbonyl (C=O) groups is 1. The molecule has 0 unspecified atom stereocenters. The van der Waals surface area contributed by atoms with Crippen molar-refractivity contribution in [3.8, 4) is 0 Å². The zero-order valence-electron chi connectivity index (χ0n) is 11.9. The summed E-state index contributed by atoms with van der Waals surface area (Å²) in [6.45, 7) is 4.58. The van der Waals surface area contributed by atoms with Gasteiger partial charge in [0.15, 0.2) is 18.2 Å². The number of aryl methyl sites for hydroxylation is 1. The van der Waals surface area contributed by atoms with Gasteiger partial charge in [0.2, 0.25) is 0 Å². The molecule has 2 aromatic rings. The van der Waals surface area contributed by atoms with Crippen molar-refractivity contribution in [2.75, 3.05) is 0 Å². The molecular formula is C15H17NO4S. The third kappa shape index (κ3) is 5.85. The molecule has 0 aliphatic carbocycles. The van der Waals surface area contributed by atoms with Crippen LogP contribution >= 0.6 is 0 Å². The minimum Gasteiger partial charge on any atom is -0.744 e. The third-order valence-corrected chi connectivity index (χ3v) is 3.54. The predicted molar refractivity (Wildman–Crippen MR) is 76.7 cm³/mol. The van der Waals surface area contributed by atoms with Gasteiger partial charge in [0.1, 0.15) is 16.7 Å². The van der Waals surface area contributed by atoms with E-state index >= 15 is 0 Å². The monoisotopic (exact) mass is 307 g/mol. The van der Waals surface area contributed by atoms with E-state index in [4.69, 9.17) is 0 Å². The van der Waals surface area contributed by atoms with Crippen molar-refractivity contribution in [3.05, 3.63) is 60.4 Å². The fraction of sp³-hybridized carbons (Fsp3) is 0.200. The molecule has 0 fully saturated rings. The summed E-state index contributed by atoms with van der Waals surface area (Å²) in [4.78, 5) is 10.7. The molecule has 0 saturated carbocycles. The first-order chi connectivity index (χ1) is 9.84. The Labute approximate surface area is 124 Å². The van der Waals surface area contributed by atoms with E-state index in [0.29, 0.717) is 0 Å². The highest BCUT2D eigenvalue weighted by Gasteiger charge is 2.00. The zero-order chi connectivity index (χ0) is 15.9. The molecule has 0 aliphatic heterocycles. The molecule has 0 radical (unpaired) electrons. The Hall–Kier alpha value is -2.05. The van der Waals surface area contributed by atoms with Crippen LogP contribution in [0.25, 0.3) is 0 Å². The summed E-state index contributed by atoms with van der Waals surface area (Å²) in [6.07, 6.45) is 3.83. The number of carbonyl (C=O) groups excluding carboxylic acids is 1. The second-order valence-electron chi connectivity index (χ2n) is 4.24. The number of nitrogens with zero attached hydrogens (tertiary/aromatic N) is 1. The molecule has 0 amide bonds. The lowest BCUT2D eigenvalue weighted by Crippen LogP contribution is -2.30. The van der Waals surface area contributed by atoms with Gasteiger partial charge in [-0.15, -0.1) is 0 Å². The first kappa shape index (κ1) is 17.0. The van der Waals surface area contributed by atoms with E-state index in [1.165, 1.54) is 24.3 Å². The second-order valence-corrected chi connectivity index (χ2v) is 5.62. The number of hydrogen-bond donors (Lipinski definition) is 0. The van der Waals surface area contributed by atoms with E-state index in [-0.39, 0.29) is 10.7 Å². The van der Waals surface area contributed by atoms with Crippen molar-refractivity contribution < 1.29 is 22.3 Å². The number of Topliss-reactive ketones (excluding diaryl/α,β-unsaturated/α-hetero) is 1. The molecule has 1 aromatic carbocycles. The molecule has 0 N–H and O–H groups in total. The van der Waals surface area contributed by atoms with Crippen LogP contribution in [0.5, 0.6) is 0 Å². The van der Waals surface area contributed by atoms with Gasteiger partial charge in [-0.3, -0.25) is 4.79 Å². The Morgan fingerprint density at radius 1 is 1.10 bits per heavy atom. The molecule has 2 rings (SSSR count). The minimum atomic E-state index is -4.25. The molecule has 0 bridgehead atoms. The van der Waals surface area contributed by atoms with Crippen LogP contribution in [-0.4, -0.2) is 18.8 Å². The van der Waals surface area contributed by atoms with Gasteiger partial charge in [-0.05, 0) is 26.0 Å². The van der Waals surface area contributed by atoms with Gasteiger partial charge in [0, 0.05) is 17.7 Å². The highest BCUT2D eigenvalue weighted by Crippen LogP contribution is 2.05. The number of aromatic nitrogens is 1. The number of pyridine rings is 1. The largest absolute Gasteiger partial charge is 0.744 e. The lowest BCUT2D eigenvalue weighted by Gasteiger charge is -2.04. The first-order valence-electron chi connectivity index (χ1n) is 6.35. The maximum atomic E-state index is 10.8. The van der Waals surface area contributed by atoms with Crippen molar-refractivity contribution in [1.29, 1.82) is 0 Å². The fourth-order valence-corrected chi connectivity index (χ4v) is 1.98. The second kappa shape index (κ2) is 7.66. The van der Waals surface area contributed by atoms with Gasteiger partial charge in [-0.2, -0.15) is 0 Å². The Morgan fingerprint density at radius 2 is 1.62 bits per heavy atom. The van der Waals surface area contributed by atoms with Gasteiger partial charge < -0.3 is 4.55 Å². The quantitative estimate of drug-likeness (QED) is 0.492. The van der Waals surface area contributed by atoms with E-state index in [1.54, 1.807) is 13.0 Å². The summed E-state index contributed by atoms with van der Waals surface area (Å²) in [7, 11) is -4.25. The molecule has 0 aliphatic rings. The highest BCUT2D eigenvalue weighted by atomic mass is 32.2. The lowest BCUT2D eigenvalue weighted by atomic mass is 10.2. The van der Waals surface area contributed by atoms with Crippen LogP contribution in [0.1, 0.15) is 24.2 Å². The van der Waals surface area contributed by atoms with Crippen molar-refractivity contribution in [3.63, 3.8) is 0 Å². The van der Waals surface area contributed by atoms with Gasteiger partial charge in [0.05, 0.1) is 4.90 Å². The molecule has 1 aromatic heterocycles. The van der Waals surface area contributed by atoms with E-state index in [1.807, 2.05) is 29.1 Å². The fourth-order valence-electron chi connectivity index (χ4n) is 1.49. The summed E-state index contributed by atoms with van der Waals surface area (Å²) in [6, 6.07) is 10.9. The SMILES string of the molecule is CC[n+]1ccc(C(C)=O)cc1.O=S(=O)([O-])c1ccccc1. The number of benzene rings is 1. The smallest absolute Gasteiger partial charge is 0.169 e. The first-order valence-corrected chi connectivity index (χ1v) is 7.76. The molecule has 5 nitrogen and oxygen atoms in total. The van der Waals surface area contributed by atoms with Crippen LogP contribution < -0.4 is 4.57 Å². The summed E-state index contributed by atoms with van der Waals surface area (Å²) in [5, 5.41) is 0. The van der Waals surface area contributed by atoms with Gasteiger partial charge in [-0.1, -0.05) is 18.2 Å². The van der Waals surface area contributed by atoms with Crippen LogP contribution in [0, 0.1) is 0 Å². The predicted octanol–water partition coefficient (Wildman–Crippen LogP) is 1.79. The number of ketones is 1. The molecule has 0 spiro atoms. The van der Waals surface area contributed by atoms with E-state index < -0.39 is 10.1 Å². The average Bonchev–Trinajstić information content (AvgIpc) is 2.48. The molecule has 0 atom stereocenters. The van der Waals surface area contributed by atoms with Crippen LogP contribution in [0.3, 0.4) is 0 Å². The maximum Gasteiger partial charge on any atom is 0.169 e. The molecule has 1 heterocycles. The summed E-state index contributed by atoms with van der Waals surface area (Å²) in [5.41, 5.74) is 0.773. The lowest BCUT2D eigenvalue weighted by molar-refractivity contribution is -0.693. The molecule has 6 heteroatoms. The maximum absolute atomic E-state index is 10.8.